The van der Waals surface area contributed by atoms with Gasteiger partial charge in [0, 0.05) is 4.43 Å². The third-order valence-corrected chi connectivity index (χ3v) is 2.49. The fraction of sp³-hybridized carbons (Fsp3) is 0.778. The molecule has 1 fully saturated rings. The molecule has 0 bridgehead atoms. The predicted molar refractivity (Wildman–Crippen MR) is 56.2 cm³/mol. The van der Waals surface area contributed by atoms with Gasteiger partial charge >= 0.3 is 0 Å². The van der Waals surface area contributed by atoms with Gasteiger partial charge in [-0.05, 0) is 20.8 Å². The molecule has 0 spiro atoms. The van der Waals surface area contributed by atoms with Crippen LogP contribution in [0.2, 0.25) is 0 Å². The van der Waals surface area contributed by atoms with Gasteiger partial charge in [0.05, 0.1) is 0 Å². The molecule has 1 aliphatic heterocycles. The second-order valence-electron chi connectivity index (χ2n) is 3.14. The molecule has 0 aromatic carbocycles. The summed E-state index contributed by atoms with van der Waals surface area (Å²) in [5.74, 6) is 5.38. The lowest BCUT2D eigenvalue weighted by Crippen LogP contribution is -2.22. The van der Waals surface area contributed by atoms with Crippen molar-refractivity contribution < 1.29 is 9.47 Å². The van der Waals surface area contributed by atoms with Gasteiger partial charge in [-0.3, -0.25) is 0 Å². The van der Waals surface area contributed by atoms with E-state index in [2.05, 4.69) is 34.4 Å². The van der Waals surface area contributed by atoms with E-state index in [4.69, 9.17) is 9.47 Å². The van der Waals surface area contributed by atoms with Gasteiger partial charge in [-0.1, -0.05) is 28.5 Å². The molecule has 0 saturated carbocycles. The Labute approximate surface area is 87.1 Å². The lowest BCUT2D eigenvalue weighted by atomic mass is 10.2. The number of halogens is 1. The number of alkyl halides is 1. The highest BCUT2D eigenvalue weighted by Gasteiger charge is 2.39. The molecule has 0 amide bonds. The molecular formula is C9H13IO2. The lowest BCUT2D eigenvalue weighted by molar-refractivity contribution is -0.140. The zero-order valence-electron chi connectivity index (χ0n) is 7.56. The summed E-state index contributed by atoms with van der Waals surface area (Å²) in [6.45, 7) is 5.66. The first-order valence-electron chi connectivity index (χ1n) is 3.93. The average molecular weight is 280 g/mol. The van der Waals surface area contributed by atoms with E-state index >= 15 is 0 Å². The number of hydrogen-bond donors (Lipinski definition) is 0. The van der Waals surface area contributed by atoms with E-state index in [9.17, 15) is 0 Å². The van der Waals surface area contributed by atoms with Crippen LogP contribution in [0, 0.1) is 11.8 Å². The normalized spacial score (nSPS) is 32.7. The van der Waals surface area contributed by atoms with Crippen molar-refractivity contribution in [3.63, 3.8) is 0 Å². The standard InChI is InChI=1S/C9H13IO2/c1-4-5-7-8(6-10)12-9(2,3)11-7/h7-8H,6H2,1-3H3. The van der Waals surface area contributed by atoms with E-state index in [0.717, 1.165) is 4.43 Å². The summed E-state index contributed by atoms with van der Waals surface area (Å²) in [4.78, 5) is 0. The molecule has 0 aliphatic carbocycles. The second-order valence-corrected chi connectivity index (χ2v) is 4.02. The highest BCUT2D eigenvalue weighted by atomic mass is 127. The third kappa shape index (κ3) is 2.35. The van der Waals surface area contributed by atoms with Crippen LogP contribution in [0.3, 0.4) is 0 Å². The Balaban J connectivity index is 2.67. The van der Waals surface area contributed by atoms with Gasteiger partial charge in [-0.25, -0.2) is 0 Å². The van der Waals surface area contributed by atoms with Crippen molar-refractivity contribution >= 4 is 22.6 Å². The molecule has 12 heavy (non-hydrogen) atoms. The topological polar surface area (TPSA) is 18.5 Å². The molecule has 2 unspecified atom stereocenters. The smallest absolute Gasteiger partial charge is 0.165 e. The predicted octanol–water partition coefficient (Wildman–Crippen LogP) is 1.96. The highest BCUT2D eigenvalue weighted by molar-refractivity contribution is 14.1. The zero-order chi connectivity index (χ0) is 9.19. The molecular weight excluding hydrogens is 267 g/mol. The third-order valence-electron chi connectivity index (χ3n) is 1.62. The van der Waals surface area contributed by atoms with E-state index in [-0.39, 0.29) is 12.2 Å². The Morgan fingerprint density at radius 3 is 2.58 bits per heavy atom. The average Bonchev–Trinajstić information content (AvgIpc) is 2.26. The Kier molecular flexibility index (Phi) is 3.38. The highest BCUT2D eigenvalue weighted by Crippen LogP contribution is 2.28. The van der Waals surface area contributed by atoms with Crippen LogP contribution in [0.1, 0.15) is 20.8 Å². The van der Waals surface area contributed by atoms with Crippen LogP contribution in [0.15, 0.2) is 0 Å². The minimum Gasteiger partial charge on any atom is -0.343 e. The fourth-order valence-corrected chi connectivity index (χ4v) is 1.85. The molecule has 2 nitrogen and oxygen atoms in total. The Morgan fingerprint density at radius 1 is 1.42 bits per heavy atom. The fourth-order valence-electron chi connectivity index (χ4n) is 1.21. The number of rotatable bonds is 1. The lowest BCUT2D eigenvalue weighted by Gasteiger charge is -2.15. The molecule has 0 aromatic heterocycles. The molecule has 1 rings (SSSR count). The summed E-state index contributed by atoms with van der Waals surface area (Å²) >= 11 is 2.29. The monoisotopic (exact) mass is 280 g/mol. The van der Waals surface area contributed by atoms with Crippen LogP contribution in [-0.2, 0) is 9.47 Å². The van der Waals surface area contributed by atoms with Crippen LogP contribution >= 0.6 is 22.6 Å². The molecule has 1 heterocycles. The summed E-state index contributed by atoms with van der Waals surface area (Å²) in [6, 6.07) is 0. The van der Waals surface area contributed by atoms with Crippen LogP contribution in [-0.4, -0.2) is 22.4 Å². The number of hydrogen-bond acceptors (Lipinski definition) is 2. The van der Waals surface area contributed by atoms with Crippen LogP contribution in [0.5, 0.6) is 0 Å². The molecule has 0 radical (unpaired) electrons. The molecule has 2 atom stereocenters. The Morgan fingerprint density at radius 2 is 2.08 bits per heavy atom. The Bertz CT molecular complexity index is 214. The maximum absolute atomic E-state index is 5.63. The second kappa shape index (κ2) is 3.95. The summed E-state index contributed by atoms with van der Waals surface area (Å²) in [6.07, 6.45) is 0.0648. The summed E-state index contributed by atoms with van der Waals surface area (Å²) < 4.78 is 12.1. The summed E-state index contributed by atoms with van der Waals surface area (Å²) in [7, 11) is 0. The van der Waals surface area contributed by atoms with Gasteiger partial charge in [0.25, 0.3) is 0 Å². The quantitative estimate of drug-likeness (QED) is 0.415. The van der Waals surface area contributed by atoms with Gasteiger partial charge in [0.1, 0.15) is 12.2 Å². The first kappa shape index (κ1) is 10.3. The largest absolute Gasteiger partial charge is 0.343 e. The van der Waals surface area contributed by atoms with Gasteiger partial charge in [-0.2, -0.15) is 0 Å². The maximum atomic E-state index is 5.63. The van der Waals surface area contributed by atoms with Gasteiger partial charge in [0.15, 0.2) is 5.79 Å². The van der Waals surface area contributed by atoms with Crippen molar-refractivity contribution in [2.45, 2.75) is 38.8 Å². The van der Waals surface area contributed by atoms with E-state index in [1.54, 1.807) is 0 Å². The summed E-state index contributed by atoms with van der Waals surface area (Å²) in [5.41, 5.74) is 0. The van der Waals surface area contributed by atoms with Crippen molar-refractivity contribution in [3.8, 4) is 11.8 Å². The van der Waals surface area contributed by atoms with Crippen LogP contribution < -0.4 is 0 Å². The number of ether oxygens (including phenoxy) is 2. The minimum absolute atomic E-state index is 0.0538. The van der Waals surface area contributed by atoms with Crippen molar-refractivity contribution in [2.24, 2.45) is 0 Å². The zero-order valence-corrected chi connectivity index (χ0v) is 9.71. The maximum Gasteiger partial charge on any atom is 0.165 e. The van der Waals surface area contributed by atoms with E-state index in [0.29, 0.717) is 0 Å². The van der Waals surface area contributed by atoms with Crippen LogP contribution in [0.4, 0.5) is 0 Å². The van der Waals surface area contributed by atoms with Crippen molar-refractivity contribution in [3.05, 3.63) is 0 Å². The van der Waals surface area contributed by atoms with Crippen molar-refractivity contribution in [1.82, 2.24) is 0 Å². The molecule has 0 aromatic rings. The molecule has 1 aliphatic rings. The first-order chi connectivity index (χ1) is 5.59. The molecule has 0 N–H and O–H groups in total. The van der Waals surface area contributed by atoms with Crippen molar-refractivity contribution in [2.75, 3.05) is 4.43 Å². The summed E-state index contributed by atoms with van der Waals surface area (Å²) in [5, 5.41) is 0. The SMILES string of the molecule is CC#CC1OC(C)(C)OC1CI. The van der Waals surface area contributed by atoms with Gasteiger partial charge in [-0.15, -0.1) is 5.92 Å². The van der Waals surface area contributed by atoms with E-state index in [1.807, 2.05) is 20.8 Å². The van der Waals surface area contributed by atoms with Crippen LogP contribution in [0.25, 0.3) is 0 Å². The molecule has 3 heteroatoms. The molecule has 68 valence electrons. The first-order valence-corrected chi connectivity index (χ1v) is 5.45. The van der Waals surface area contributed by atoms with Gasteiger partial charge in [0.2, 0.25) is 0 Å². The Hall–Kier alpha value is 0.210. The molecule has 1 saturated heterocycles. The van der Waals surface area contributed by atoms with E-state index in [1.165, 1.54) is 0 Å². The van der Waals surface area contributed by atoms with E-state index < -0.39 is 5.79 Å². The van der Waals surface area contributed by atoms with Gasteiger partial charge < -0.3 is 9.47 Å². The minimum atomic E-state index is -0.468. The van der Waals surface area contributed by atoms with Crippen molar-refractivity contribution in [1.29, 1.82) is 0 Å².